The fraction of sp³-hybridized carbons (Fsp3) is 0.167. The van der Waals surface area contributed by atoms with Gasteiger partial charge in [-0.25, -0.2) is 0 Å². The van der Waals surface area contributed by atoms with Crippen LogP contribution in [0.5, 0.6) is 0 Å². The molecule has 2 heterocycles. The van der Waals surface area contributed by atoms with Gasteiger partial charge in [-0.05, 0) is 4.92 Å². The molecule has 0 atom stereocenters. The van der Waals surface area contributed by atoms with Gasteiger partial charge >= 0.3 is 5.82 Å². The van der Waals surface area contributed by atoms with E-state index in [1.807, 2.05) is 0 Å². The second-order valence-corrected chi connectivity index (χ2v) is 2.53. The molecule has 0 bridgehead atoms. The SMILES string of the molecule is Cc1nc(-c2cn[nH]c2[N+](=O)[O-])no1. The zero-order valence-corrected chi connectivity index (χ0v) is 7.09. The average Bonchev–Trinajstić information content (AvgIpc) is 2.70. The highest BCUT2D eigenvalue weighted by molar-refractivity contribution is 5.63. The molecule has 8 nitrogen and oxygen atoms in total. The normalized spacial score (nSPS) is 10.4. The highest BCUT2D eigenvalue weighted by atomic mass is 16.6. The summed E-state index contributed by atoms with van der Waals surface area (Å²) >= 11 is 0. The number of nitrogens with zero attached hydrogens (tertiary/aromatic N) is 4. The number of aromatic nitrogens is 4. The van der Waals surface area contributed by atoms with Gasteiger partial charge in [0.25, 0.3) is 0 Å². The second kappa shape index (κ2) is 2.91. The fourth-order valence-corrected chi connectivity index (χ4v) is 0.991. The Morgan fingerprint density at radius 3 is 3.00 bits per heavy atom. The molecule has 0 saturated heterocycles. The molecular weight excluding hydrogens is 190 g/mol. The van der Waals surface area contributed by atoms with E-state index in [1.54, 1.807) is 6.92 Å². The lowest BCUT2D eigenvalue weighted by atomic mass is 10.3. The summed E-state index contributed by atoms with van der Waals surface area (Å²) in [5, 5.41) is 19.8. The maximum absolute atomic E-state index is 10.5. The third kappa shape index (κ3) is 1.22. The summed E-state index contributed by atoms with van der Waals surface area (Å²) < 4.78 is 4.70. The lowest BCUT2D eigenvalue weighted by Gasteiger charge is -1.90. The molecule has 1 N–H and O–H groups in total. The van der Waals surface area contributed by atoms with E-state index in [9.17, 15) is 10.1 Å². The van der Waals surface area contributed by atoms with Crippen LogP contribution < -0.4 is 0 Å². The summed E-state index contributed by atoms with van der Waals surface area (Å²) in [4.78, 5) is 13.8. The molecule has 14 heavy (non-hydrogen) atoms. The lowest BCUT2D eigenvalue weighted by molar-refractivity contribution is -0.388. The van der Waals surface area contributed by atoms with Crippen molar-refractivity contribution in [3.8, 4) is 11.4 Å². The molecule has 2 aromatic heterocycles. The predicted molar refractivity (Wildman–Crippen MR) is 43.3 cm³/mol. The summed E-state index contributed by atoms with van der Waals surface area (Å²) in [5.74, 6) is 0.254. The first-order valence-electron chi connectivity index (χ1n) is 3.67. The van der Waals surface area contributed by atoms with E-state index < -0.39 is 4.92 Å². The number of nitrogens with one attached hydrogen (secondary N) is 1. The van der Waals surface area contributed by atoms with E-state index in [2.05, 4.69) is 20.3 Å². The van der Waals surface area contributed by atoms with Crippen LogP contribution in [-0.4, -0.2) is 25.3 Å². The molecule has 2 aromatic rings. The standard InChI is InChI=1S/C6H5N5O3/c1-3-8-5(10-14-3)4-2-7-9-6(4)11(12)13/h2H,1H3,(H,7,9). The van der Waals surface area contributed by atoms with E-state index in [-0.39, 0.29) is 17.2 Å². The quantitative estimate of drug-likeness (QED) is 0.557. The van der Waals surface area contributed by atoms with Gasteiger partial charge in [0, 0.05) is 6.92 Å². The average molecular weight is 195 g/mol. The Morgan fingerprint density at radius 1 is 1.64 bits per heavy atom. The van der Waals surface area contributed by atoms with Crippen LogP contribution in [0.25, 0.3) is 11.4 Å². The number of rotatable bonds is 2. The highest BCUT2D eigenvalue weighted by Crippen LogP contribution is 2.24. The zero-order valence-electron chi connectivity index (χ0n) is 7.09. The van der Waals surface area contributed by atoms with Crippen molar-refractivity contribution < 1.29 is 9.45 Å². The molecule has 2 rings (SSSR count). The van der Waals surface area contributed by atoms with Gasteiger partial charge < -0.3 is 14.6 Å². The van der Waals surface area contributed by atoms with Crippen molar-refractivity contribution in [3.05, 3.63) is 22.2 Å². The van der Waals surface area contributed by atoms with Gasteiger partial charge in [0.1, 0.15) is 5.56 Å². The van der Waals surface area contributed by atoms with Crippen molar-refractivity contribution in [1.82, 2.24) is 20.3 Å². The van der Waals surface area contributed by atoms with Gasteiger partial charge in [-0.3, -0.25) is 0 Å². The minimum Gasteiger partial charge on any atom is -0.358 e. The number of H-pyrrole nitrogens is 1. The molecular formula is C6H5N5O3. The summed E-state index contributed by atoms with van der Waals surface area (Å²) in [6.07, 6.45) is 1.28. The second-order valence-electron chi connectivity index (χ2n) is 2.53. The molecule has 0 spiro atoms. The van der Waals surface area contributed by atoms with Crippen LogP contribution in [0.2, 0.25) is 0 Å². The van der Waals surface area contributed by atoms with E-state index in [4.69, 9.17) is 4.52 Å². The van der Waals surface area contributed by atoms with Crippen molar-refractivity contribution >= 4 is 5.82 Å². The largest absolute Gasteiger partial charge is 0.358 e. The summed E-state index contributed by atoms with van der Waals surface area (Å²) in [6.45, 7) is 1.60. The van der Waals surface area contributed by atoms with Gasteiger partial charge in [0.05, 0.1) is 6.20 Å². The summed E-state index contributed by atoms with van der Waals surface area (Å²) in [7, 11) is 0. The number of hydrogen-bond donors (Lipinski definition) is 1. The lowest BCUT2D eigenvalue weighted by Crippen LogP contribution is -1.91. The van der Waals surface area contributed by atoms with Crippen molar-refractivity contribution in [2.45, 2.75) is 6.92 Å². The van der Waals surface area contributed by atoms with Crippen LogP contribution >= 0.6 is 0 Å². The Morgan fingerprint density at radius 2 is 2.43 bits per heavy atom. The molecule has 0 aliphatic rings. The Labute approximate surface area is 77.1 Å². The third-order valence-corrected chi connectivity index (χ3v) is 1.57. The molecule has 0 unspecified atom stereocenters. The minimum atomic E-state index is -0.589. The Kier molecular flexibility index (Phi) is 1.73. The first-order chi connectivity index (χ1) is 6.68. The topological polar surface area (TPSA) is 111 Å². The molecule has 72 valence electrons. The van der Waals surface area contributed by atoms with Crippen LogP contribution in [0.4, 0.5) is 5.82 Å². The molecule has 0 aliphatic carbocycles. The minimum absolute atomic E-state index is 0.156. The van der Waals surface area contributed by atoms with Gasteiger partial charge in [0.2, 0.25) is 11.7 Å². The van der Waals surface area contributed by atoms with E-state index in [1.165, 1.54) is 6.20 Å². The van der Waals surface area contributed by atoms with E-state index >= 15 is 0 Å². The maximum atomic E-state index is 10.5. The number of aryl methyl sites for hydroxylation is 1. The Bertz CT molecular complexity index is 473. The summed E-state index contributed by atoms with van der Waals surface area (Å²) in [6, 6.07) is 0. The van der Waals surface area contributed by atoms with Gasteiger partial charge in [-0.2, -0.15) is 4.98 Å². The monoisotopic (exact) mass is 195 g/mol. The van der Waals surface area contributed by atoms with Crippen LogP contribution in [0.3, 0.4) is 0 Å². The smallest absolute Gasteiger partial charge is 0.353 e. The van der Waals surface area contributed by atoms with Crippen LogP contribution in [0.15, 0.2) is 10.7 Å². The Hall–Kier alpha value is -2.25. The first kappa shape index (κ1) is 8.35. The summed E-state index contributed by atoms with van der Waals surface area (Å²) in [5.41, 5.74) is 0.215. The van der Waals surface area contributed by atoms with Crippen LogP contribution in [0.1, 0.15) is 5.89 Å². The number of hydrogen-bond acceptors (Lipinski definition) is 6. The number of nitro groups is 1. The van der Waals surface area contributed by atoms with Crippen LogP contribution in [0, 0.1) is 17.0 Å². The van der Waals surface area contributed by atoms with Gasteiger partial charge in [0.15, 0.2) is 0 Å². The van der Waals surface area contributed by atoms with E-state index in [0.29, 0.717) is 5.89 Å². The van der Waals surface area contributed by atoms with Gasteiger partial charge in [-0.15, -0.1) is 5.10 Å². The third-order valence-electron chi connectivity index (χ3n) is 1.57. The zero-order chi connectivity index (χ0) is 10.1. The molecule has 0 aromatic carbocycles. The van der Waals surface area contributed by atoms with Crippen molar-refractivity contribution in [2.75, 3.05) is 0 Å². The van der Waals surface area contributed by atoms with Crippen molar-refractivity contribution in [3.63, 3.8) is 0 Å². The molecule has 0 radical (unpaired) electrons. The highest BCUT2D eigenvalue weighted by Gasteiger charge is 2.20. The molecule has 8 heteroatoms. The maximum Gasteiger partial charge on any atom is 0.353 e. The van der Waals surface area contributed by atoms with Crippen molar-refractivity contribution in [1.29, 1.82) is 0 Å². The number of aromatic amines is 1. The first-order valence-corrected chi connectivity index (χ1v) is 3.67. The molecule has 0 aliphatic heterocycles. The van der Waals surface area contributed by atoms with E-state index in [0.717, 1.165) is 0 Å². The molecule has 0 amide bonds. The molecule has 0 fully saturated rings. The van der Waals surface area contributed by atoms with Crippen molar-refractivity contribution in [2.24, 2.45) is 0 Å². The Balaban J connectivity index is 2.51. The van der Waals surface area contributed by atoms with Gasteiger partial charge in [-0.1, -0.05) is 10.3 Å². The fourth-order valence-electron chi connectivity index (χ4n) is 0.991. The molecule has 0 saturated carbocycles. The predicted octanol–water partition coefficient (Wildman–Crippen LogP) is 0.676. The van der Waals surface area contributed by atoms with Crippen LogP contribution in [-0.2, 0) is 0 Å².